The number of amidine groups is 2. The first-order valence-electron chi connectivity index (χ1n) is 12.8. The Morgan fingerprint density at radius 2 is 1.74 bits per heavy atom. The highest BCUT2D eigenvalue weighted by Crippen LogP contribution is 2.37. The predicted octanol–water partition coefficient (Wildman–Crippen LogP) is 8.02. The van der Waals surface area contributed by atoms with E-state index in [1.165, 1.54) is 20.2 Å². The number of benzene rings is 4. The van der Waals surface area contributed by atoms with E-state index in [1.54, 1.807) is 11.3 Å². The first-order chi connectivity index (χ1) is 19.2. The van der Waals surface area contributed by atoms with Crippen LogP contribution >= 0.6 is 22.9 Å². The molecule has 7 heteroatoms. The number of hydrogen-bond donors (Lipinski definition) is 2. The molecule has 0 amide bonds. The summed E-state index contributed by atoms with van der Waals surface area (Å²) in [6, 6.07) is 29.1. The molecule has 0 aliphatic carbocycles. The Bertz CT molecular complexity index is 2020. The summed E-state index contributed by atoms with van der Waals surface area (Å²) in [5.74, 6) is 2.28. The van der Waals surface area contributed by atoms with Gasteiger partial charge in [0, 0.05) is 53.3 Å². The summed E-state index contributed by atoms with van der Waals surface area (Å²) in [5, 5.41) is 11.0. The zero-order valence-electron chi connectivity index (χ0n) is 20.6. The van der Waals surface area contributed by atoms with Crippen molar-refractivity contribution in [3.63, 3.8) is 0 Å². The number of fused-ring (bicyclic) bond motifs is 6. The molecule has 4 aromatic carbocycles. The summed E-state index contributed by atoms with van der Waals surface area (Å²) >= 11 is 8.42. The fourth-order valence-electron chi connectivity index (χ4n) is 5.44. The van der Waals surface area contributed by atoms with Gasteiger partial charge in [-0.15, -0.1) is 11.3 Å². The Morgan fingerprint density at radius 3 is 2.67 bits per heavy atom. The predicted molar refractivity (Wildman–Crippen MR) is 162 cm³/mol. The highest BCUT2D eigenvalue weighted by atomic mass is 35.5. The number of furan rings is 1. The molecule has 2 N–H and O–H groups in total. The molecule has 6 aromatic rings. The lowest BCUT2D eigenvalue weighted by molar-refractivity contribution is 0.532. The molecule has 2 aromatic heterocycles. The van der Waals surface area contributed by atoms with Crippen LogP contribution in [0.1, 0.15) is 34.2 Å². The van der Waals surface area contributed by atoms with Gasteiger partial charge in [0.1, 0.15) is 23.3 Å². The van der Waals surface area contributed by atoms with E-state index in [1.807, 2.05) is 54.7 Å². The molecule has 188 valence electrons. The van der Waals surface area contributed by atoms with Crippen LogP contribution in [-0.2, 0) is 6.54 Å². The molecule has 2 aliphatic rings. The van der Waals surface area contributed by atoms with Gasteiger partial charge in [-0.1, -0.05) is 72.3 Å². The molecule has 0 radical (unpaired) electrons. The normalized spacial score (nSPS) is 16.6. The van der Waals surface area contributed by atoms with Gasteiger partial charge >= 0.3 is 0 Å². The van der Waals surface area contributed by atoms with Crippen molar-refractivity contribution in [2.75, 3.05) is 0 Å². The Labute approximate surface area is 233 Å². The number of rotatable bonds is 3. The van der Waals surface area contributed by atoms with Gasteiger partial charge in [0.15, 0.2) is 5.84 Å². The van der Waals surface area contributed by atoms with Crippen molar-refractivity contribution in [2.45, 2.75) is 12.7 Å². The van der Waals surface area contributed by atoms with Gasteiger partial charge in [-0.05, 0) is 36.0 Å². The van der Waals surface area contributed by atoms with Crippen LogP contribution in [0.2, 0.25) is 5.02 Å². The summed E-state index contributed by atoms with van der Waals surface area (Å²) in [7, 11) is 0. The van der Waals surface area contributed by atoms with Gasteiger partial charge in [-0.25, -0.2) is 9.98 Å². The highest BCUT2D eigenvalue weighted by Gasteiger charge is 2.26. The maximum Gasteiger partial charge on any atom is 0.159 e. The quantitative estimate of drug-likeness (QED) is 0.237. The molecule has 0 spiro atoms. The van der Waals surface area contributed by atoms with E-state index >= 15 is 0 Å². The molecule has 5 nitrogen and oxygen atoms in total. The maximum absolute atomic E-state index is 6.61. The molecule has 39 heavy (non-hydrogen) atoms. The third kappa shape index (κ3) is 3.75. The Hall–Kier alpha value is -4.39. The summed E-state index contributed by atoms with van der Waals surface area (Å²) in [4.78, 5) is 10.1. The van der Waals surface area contributed by atoms with Crippen molar-refractivity contribution in [1.29, 1.82) is 0 Å². The Morgan fingerprint density at radius 1 is 0.897 bits per heavy atom. The Kier molecular flexibility index (Phi) is 5.11. The lowest BCUT2D eigenvalue weighted by Crippen LogP contribution is -2.33. The second kappa shape index (κ2) is 8.83. The molecule has 0 bridgehead atoms. The van der Waals surface area contributed by atoms with E-state index in [4.69, 9.17) is 26.0 Å². The first kappa shape index (κ1) is 22.6. The summed E-state index contributed by atoms with van der Waals surface area (Å²) in [5.41, 5.74) is 4.72. The number of halogens is 1. The van der Waals surface area contributed by atoms with E-state index in [-0.39, 0.29) is 6.17 Å². The lowest BCUT2D eigenvalue weighted by atomic mass is 10.0. The number of thiophene rings is 1. The number of nitrogens with zero attached hydrogens (tertiary/aromatic N) is 2. The van der Waals surface area contributed by atoms with Crippen LogP contribution < -0.4 is 10.6 Å². The molecule has 2 aliphatic heterocycles. The minimum Gasteiger partial charge on any atom is -0.458 e. The summed E-state index contributed by atoms with van der Waals surface area (Å²) in [6.07, 6.45) is 3.67. The van der Waals surface area contributed by atoms with Crippen molar-refractivity contribution in [1.82, 2.24) is 10.6 Å². The SMILES string of the molecule is Clc1cc(C2=NC(c3ccccc3)=NC(c3ccc4c(c3)sc3ccccc34)N2)c2c3c(oc2c1)CNC=C3. The average molecular weight is 545 g/mol. The average Bonchev–Trinajstić information content (AvgIpc) is 3.54. The highest BCUT2D eigenvalue weighted by molar-refractivity contribution is 7.25. The molecule has 4 heterocycles. The third-order valence-corrected chi connectivity index (χ3v) is 8.60. The minimum atomic E-state index is -0.323. The third-order valence-electron chi connectivity index (χ3n) is 7.25. The van der Waals surface area contributed by atoms with Gasteiger partial charge in [0.05, 0.1) is 6.54 Å². The van der Waals surface area contributed by atoms with E-state index in [9.17, 15) is 0 Å². The lowest BCUT2D eigenvalue weighted by Gasteiger charge is -2.24. The first-order valence-corrected chi connectivity index (χ1v) is 14.0. The summed E-state index contributed by atoms with van der Waals surface area (Å²) in [6.45, 7) is 0.631. The minimum absolute atomic E-state index is 0.323. The van der Waals surface area contributed by atoms with Crippen molar-refractivity contribution < 1.29 is 4.42 Å². The number of hydrogen-bond acceptors (Lipinski definition) is 6. The topological polar surface area (TPSA) is 61.9 Å². The fraction of sp³-hybridized carbons (Fsp3) is 0.0625. The van der Waals surface area contributed by atoms with Crippen molar-refractivity contribution in [3.8, 4) is 0 Å². The molecule has 1 unspecified atom stereocenters. The standard InChI is InChI=1S/C32H21ClN4OS/c33-20-15-24(29-23-12-13-34-17-26(23)38-25(29)16-20)32-36-30(18-6-2-1-3-7-18)35-31(37-32)19-10-11-22-21-8-4-5-9-27(21)39-28(22)14-19/h1-16,31,34H,17H2,(H,35,36,37). The van der Waals surface area contributed by atoms with Gasteiger partial charge in [0.25, 0.3) is 0 Å². The van der Waals surface area contributed by atoms with Gasteiger partial charge in [0.2, 0.25) is 0 Å². The molecule has 1 atom stereocenters. The largest absolute Gasteiger partial charge is 0.458 e. The van der Waals surface area contributed by atoms with E-state index in [0.29, 0.717) is 23.2 Å². The van der Waals surface area contributed by atoms with Crippen LogP contribution in [0.4, 0.5) is 0 Å². The smallest absolute Gasteiger partial charge is 0.159 e. The van der Waals surface area contributed by atoms with Crippen molar-refractivity contribution in [3.05, 3.63) is 124 Å². The zero-order chi connectivity index (χ0) is 25.9. The van der Waals surface area contributed by atoms with Gasteiger partial charge < -0.3 is 15.1 Å². The van der Waals surface area contributed by atoms with Gasteiger partial charge in [-0.2, -0.15) is 0 Å². The van der Waals surface area contributed by atoms with Crippen LogP contribution in [-0.4, -0.2) is 11.7 Å². The molecular formula is C32H21ClN4OS. The second-order valence-corrected chi connectivity index (χ2v) is 11.2. The number of nitrogens with one attached hydrogen (secondary N) is 2. The van der Waals surface area contributed by atoms with E-state index < -0.39 is 0 Å². The summed E-state index contributed by atoms with van der Waals surface area (Å²) < 4.78 is 8.71. The van der Waals surface area contributed by atoms with Crippen LogP contribution in [0, 0.1) is 0 Å². The van der Waals surface area contributed by atoms with E-state index in [0.717, 1.165) is 39.0 Å². The fourth-order valence-corrected chi connectivity index (χ4v) is 6.80. The zero-order valence-corrected chi connectivity index (χ0v) is 22.2. The second-order valence-electron chi connectivity index (χ2n) is 9.66. The van der Waals surface area contributed by atoms with Crippen LogP contribution in [0.3, 0.4) is 0 Å². The maximum atomic E-state index is 6.61. The van der Waals surface area contributed by atoms with Gasteiger partial charge in [-0.3, -0.25) is 0 Å². The number of aliphatic imine (C=N–C) groups is 2. The van der Waals surface area contributed by atoms with E-state index in [2.05, 4.69) is 53.1 Å². The molecular weight excluding hydrogens is 524 g/mol. The van der Waals surface area contributed by atoms with Crippen LogP contribution in [0.15, 0.2) is 106 Å². The molecule has 0 fully saturated rings. The van der Waals surface area contributed by atoms with Crippen molar-refractivity contribution >= 4 is 71.8 Å². The molecule has 0 saturated heterocycles. The van der Waals surface area contributed by atoms with Crippen LogP contribution in [0.25, 0.3) is 37.2 Å². The van der Waals surface area contributed by atoms with Crippen LogP contribution in [0.5, 0.6) is 0 Å². The molecule has 8 rings (SSSR count). The molecule has 0 saturated carbocycles. The Balaban J connectivity index is 1.30. The van der Waals surface area contributed by atoms with Crippen molar-refractivity contribution in [2.24, 2.45) is 9.98 Å². The monoisotopic (exact) mass is 544 g/mol.